The normalized spacial score (nSPS) is 19.4. The Hall–Kier alpha value is -5.86. The highest BCUT2D eigenvalue weighted by molar-refractivity contribution is 6.14. The molecule has 3 unspecified atom stereocenters. The summed E-state index contributed by atoms with van der Waals surface area (Å²) in [4.78, 5) is 2.66. The number of hydrogen-bond acceptors (Lipinski definition) is 1. The van der Waals surface area contributed by atoms with E-state index in [2.05, 4.69) is 175 Å². The van der Waals surface area contributed by atoms with Crippen molar-refractivity contribution in [3.8, 4) is 39.1 Å². The minimum Gasteiger partial charge on any atom is -0.332 e. The molecule has 2 aliphatic carbocycles. The average molecular weight is 641 g/mol. The van der Waals surface area contributed by atoms with Crippen molar-refractivity contribution in [2.24, 2.45) is 5.92 Å². The summed E-state index contributed by atoms with van der Waals surface area (Å²) >= 11 is 0. The van der Waals surface area contributed by atoms with Gasteiger partial charge in [-0.2, -0.15) is 0 Å². The van der Waals surface area contributed by atoms with Crippen molar-refractivity contribution in [1.29, 1.82) is 0 Å². The summed E-state index contributed by atoms with van der Waals surface area (Å²) in [6.45, 7) is 4.78. The smallest absolute Gasteiger partial charge is 0.0658 e. The molecule has 3 heterocycles. The van der Waals surface area contributed by atoms with Gasteiger partial charge in [-0.05, 0) is 99.7 Å². The molecular formula is C48H36N2. The maximum Gasteiger partial charge on any atom is 0.0658 e. The first kappa shape index (κ1) is 28.0. The molecule has 0 fully saturated rings. The average Bonchev–Trinajstić information content (AvgIpc) is 3.64. The predicted molar refractivity (Wildman–Crippen MR) is 211 cm³/mol. The zero-order valence-corrected chi connectivity index (χ0v) is 28.3. The van der Waals surface area contributed by atoms with Gasteiger partial charge < -0.3 is 9.47 Å². The molecule has 1 aromatic heterocycles. The van der Waals surface area contributed by atoms with E-state index in [0.717, 1.165) is 6.42 Å². The van der Waals surface area contributed by atoms with Crippen molar-refractivity contribution in [2.45, 2.75) is 32.2 Å². The molecule has 238 valence electrons. The molecule has 0 spiro atoms. The van der Waals surface area contributed by atoms with Crippen LogP contribution in [0.15, 0.2) is 146 Å². The van der Waals surface area contributed by atoms with Crippen LogP contribution in [0.3, 0.4) is 0 Å². The summed E-state index contributed by atoms with van der Waals surface area (Å²) in [5, 5.41) is 2.63. The number of rotatable bonds is 2. The standard InChI is InChI=1S/C48H36N2/c1-29-14-12-22-37-39(28-42-36-21-9-10-24-43(36)49(48(42)45(29)37)32-16-4-3-5-17-32)31-26-40-34-19-7-6-18-33(34)35-20-8-11-25-44(35)50-46-30(2)15-13-23-38(46)41(27-31)47(40)50/h3-13,15-30,46H,14H2,1-2H3. The summed E-state index contributed by atoms with van der Waals surface area (Å²) in [7, 11) is 0. The first-order valence-electron chi connectivity index (χ1n) is 18.0. The number of anilines is 2. The van der Waals surface area contributed by atoms with Gasteiger partial charge in [-0.25, -0.2) is 0 Å². The second kappa shape index (κ2) is 10.3. The van der Waals surface area contributed by atoms with Crippen molar-refractivity contribution < 1.29 is 0 Å². The summed E-state index contributed by atoms with van der Waals surface area (Å²) in [6.07, 6.45) is 12.9. The number of para-hydroxylation sites is 3. The van der Waals surface area contributed by atoms with Crippen molar-refractivity contribution in [3.05, 3.63) is 162 Å². The fourth-order valence-electron chi connectivity index (χ4n) is 9.64. The Morgan fingerprint density at radius 1 is 0.640 bits per heavy atom. The number of fused-ring (bicyclic) bond motifs is 13. The van der Waals surface area contributed by atoms with Crippen LogP contribution in [0.1, 0.15) is 42.9 Å². The SMILES string of the molecule is CC1CC=Cc2c(-c3cc4c5c(c3)-c3ccccc3-c3ccccc3N5C3C4=CC=CC3C)cc3c4ccccc4n(-c4ccccc4)c3c21. The van der Waals surface area contributed by atoms with Crippen LogP contribution >= 0.6 is 0 Å². The Balaban J connectivity index is 1.27. The topological polar surface area (TPSA) is 8.17 Å². The van der Waals surface area contributed by atoms with Crippen LogP contribution in [-0.4, -0.2) is 10.6 Å². The van der Waals surface area contributed by atoms with E-state index in [-0.39, 0.29) is 6.04 Å². The molecule has 0 amide bonds. The molecule has 0 radical (unpaired) electrons. The largest absolute Gasteiger partial charge is 0.332 e. The van der Waals surface area contributed by atoms with Gasteiger partial charge in [0.15, 0.2) is 0 Å². The van der Waals surface area contributed by atoms with Crippen LogP contribution in [-0.2, 0) is 0 Å². The molecule has 11 rings (SSSR count). The molecule has 2 heteroatoms. The Labute approximate surface area is 292 Å². The molecule has 0 saturated carbocycles. The highest BCUT2D eigenvalue weighted by atomic mass is 15.2. The summed E-state index contributed by atoms with van der Waals surface area (Å²) in [6, 6.07) is 45.7. The van der Waals surface area contributed by atoms with E-state index in [1.807, 2.05) is 0 Å². The molecule has 7 aromatic rings. The van der Waals surface area contributed by atoms with Crippen molar-refractivity contribution in [3.63, 3.8) is 0 Å². The van der Waals surface area contributed by atoms with Crippen LogP contribution in [0.2, 0.25) is 0 Å². The Morgan fingerprint density at radius 3 is 2.22 bits per heavy atom. The first-order valence-corrected chi connectivity index (χ1v) is 18.0. The lowest BCUT2D eigenvalue weighted by atomic mass is 9.80. The van der Waals surface area contributed by atoms with Crippen molar-refractivity contribution in [2.75, 3.05) is 4.90 Å². The van der Waals surface area contributed by atoms with Crippen LogP contribution < -0.4 is 4.90 Å². The molecule has 2 aliphatic heterocycles. The van der Waals surface area contributed by atoms with E-state index in [9.17, 15) is 0 Å². The molecule has 6 aromatic carbocycles. The quantitative estimate of drug-likeness (QED) is 0.183. The molecule has 50 heavy (non-hydrogen) atoms. The maximum absolute atomic E-state index is 2.66. The van der Waals surface area contributed by atoms with Crippen LogP contribution in [0.5, 0.6) is 0 Å². The number of nitrogens with zero attached hydrogens (tertiary/aromatic N) is 2. The summed E-state index contributed by atoms with van der Waals surface area (Å²) in [5.41, 5.74) is 19.9. The maximum atomic E-state index is 2.66. The van der Waals surface area contributed by atoms with Gasteiger partial charge in [0.05, 0.1) is 22.8 Å². The van der Waals surface area contributed by atoms with E-state index in [1.54, 1.807) is 0 Å². The van der Waals surface area contributed by atoms with E-state index in [4.69, 9.17) is 0 Å². The fraction of sp³-hybridized carbons (Fsp3) is 0.125. The van der Waals surface area contributed by atoms with E-state index < -0.39 is 0 Å². The second-order valence-electron chi connectivity index (χ2n) is 14.5. The van der Waals surface area contributed by atoms with Gasteiger partial charge >= 0.3 is 0 Å². The third-order valence-corrected chi connectivity index (χ3v) is 11.7. The lowest BCUT2D eigenvalue weighted by molar-refractivity contribution is 0.637. The molecule has 0 N–H and O–H groups in total. The van der Waals surface area contributed by atoms with Crippen LogP contribution in [0.25, 0.3) is 72.5 Å². The first-order chi connectivity index (χ1) is 24.7. The zero-order valence-electron chi connectivity index (χ0n) is 28.3. The van der Waals surface area contributed by atoms with E-state index in [1.165, 1.54) is 94.5 Å². The number of aromatic nitrogens is 1. The van der Waals surface area contributed by atoms with E-state index in [0.29, 0.717) is 11.8 Å². The predicted octanol–water partition coefficient (Wildman–Crippen LogP) is 12.7. The van der Waals surface area contributed by atoms with Gasteiger partial charge in [0.1, 0.15) is 0 Å². The Bertz CT molecular complexity index is 2670. The number of allylic oxidation sites excluding steroid dienone is 3. The second-order valence-corrected chi connectivity index (χ2v) is 14.5. The molecule has 3 atom stereocenters. The monoisotopic (exact) mass is 640 g/mol. The fourth-order valence-corrected chi connectivity index (χ4v) is 9.64. The highest BCUT2D eigenvalue weighted by Gasteiger charge is 2.43. The van der Waals surface area contributed by atoms with Gasteiger partial charge in [-0.1, -0.05) is 123 Å². The highest BCUT2D eigenvalue weighted by Crippen LogP contribution is 2.59. The zero-order chi connectivity index (χ0) is 33.1. The van der Waals surface area contributed by atoms with E-state index >= 15 is 0 Å². The van der Waals surface area contributed by atoms with Gasteiger partial charge in [-0.15, -0.1) is 0 Å². The van der Waals surface area contributed by atoms with Gasteiger partial charge in [0.2, 0.25) is 0 Å². The van der Waals surface area contributed by atoms with Crippen molar-refractivity contribution >= 4 is 44.8 Å². The molecular weight excluding hydrogens is 605 g/mol. The van der Waals surface area contributed by atoms with Gasteiger partial charge in [-0.3, -0.25) is 0 Å². The van der Waals surface area contributed by atoms with Crippen molar-refractivity contribution in [1.82, 2.24) is 4.57 Å². The lowest BCUT2D eigenvalue weighted by Gasteiger charge is -2.33. The third kappa shape index (κ3) is 3.68. The summed E-state index contributed by atoms with van der Waals surface area (Å²) < 4.78 is 2.51. The molecule has 2 nitrogen and oxygen atoms in total. The molecule has 0 saturated heterocycles. The Morgan fingerprint density at radius 2 is 1.36 bits per heavy atom. The summed E-state index contributed by atoms with van der Waals surface area (Å²) in [5.74, 6) is 0.771. The Kier molecular flexibility index (Phi) is 5.79. The van der Waals surface area contributed by atoms with Gasteiger partial charge in [0, 0.05) is 38.8 Å². The minimum atomic E-state index is 0.250. The van der Waals surface area contributed by atoms with Crippen LogP contribution in [0.4, 0.5) is 11.4 Å². The number of benzene rings is 6. The lowest BCUT2D eigenvalue weighted by Crippen LogP contribution is -2.33. The molecule has 4 aliphatic rings. The molecule has 0 bridgehead atoms. The van der Waals surface area contributed by atoms with Crippen LogP contribution in [0, 0.1) is 5.92 Å². The van der Waals surface area contributed by atoms with Gasteiger partial charge in [0.25, 0.3) is 0 Å². The minimum absolute atomic E-state index is 0.250. The third-order valence-electron chi connectivity index (χ3n) is 11.7. The number of hydrogen-bond donors (Lipinski definition) is 0.